The molecule has 2 nitrogen and oxygen atoms in total. The highest BCUT2D eigenvalue weighted by Gasteiger charge is 2.12. The summed E-state index contributed by atoms with van der Waals surface area (Å²) < 4.78 is 0. The SMILES string of the molecule is CC(CN)CC(C)C(C)CN. The van der Waals surface area contributed by atoms with Crippen molar-refractivity contribution in [2.24, 2.45) is 29.2 Å². The minimum Gasteiger partial charge on any atom is -0.330 e. The summed E-state index contributed by atoms with van der Waals surface area (Å²) in [6, 6.07) is 0. The smallest absolute Gasteiger partial charge is 0.00490 e. The summed E-state index contributed by atoms with van der Waals surface area (Å²) in [4.78, 5) is 0. The van der Waals surface area contributed by atoms with Gasteiger partial charge in [0.05, 0.1) is 0 Å². The summed E-state index contributed by atoms with van der Waals surface area (Å²) in [5, 5.41) is 0. The molecule has 0 radical (unpaired) electrons. The van der Waals surface area contributed by atoms with E-state index in [1.165, 1.54) is 6.42 Å². The average molecular weight is 158 g/mol. The van der Waals surface area contributed by atoms with Crippen LogP contribution in [0.2, 0.25) is 0 Å². The lowest BCUT2D eigenvalue weighted by Gasteiger charge is -2.20. The van der Waals surface area contributed by atoms with Crippen LogP contribution in [0.3, 0.4) is 0 Å². The lowest BCUT2D eigenvalue weighted by atomic mass is 9.88. The first kappa shape index (κ1) is 10.9. The molecule has 0 rings (SSSR count). The second-order valence-corrected chi connectivity index (χ2v) is 3.77. The van der Waals surface area contributed by atoms with Crippen molar-refractivity contribution in [2.45, 2.75) is 27.2 Å². The minimum absolute atomic E-state index is 0.629. The fourth-order valence-electron chi connectivity index (χ4n) is 1.20. The first-order chi connectivity index (χ1) is 5.11. The zero-order valence-electron chi connectivity index (χ0n) is 8.01. The first-order valence-corrected chi connectivity index (χ1v) is 4.51. The molecule has 0 saturated heterocycles. The number of rotatable bonds is 5. The van der Waals surface area contributed by atoms with Gasteiger partial charge in [-0.1, -0.05) is 20.8 Å². The van der Waals surface area contributed by atoms with Gasteiger partial charge in [-0.25, -0.2) is 0 Å². The van der Waals surface area contributed by atoms with Crippen LogP contribution < -0.4 is 11.5 Å². The monoisotopic (exact) mass is 158 g/mol. The molecule has 11 heavy (non-hydrogen) atoms. The molecule has 0 saturated carbocycles. The Hall–Kier alpha value is -0.0800. The second-order valence-electron chi connectivity index (χ2n) is 3.77. The van der Waals surface area contributed by atoms with Crippen LogP contribution in [-0.2, 0) is 0 Å². The van der Waals surface area contributed by atoms with Crippen LogP contribution in [0.4, 0.5) is 0 Å². The topological polar surface area (TPSA) is 52.0 Å². The number of hydrogen-bond acceptors (Lipinski definition) is 2. The van der Waals surface area contributed by atoms with Gasteiger partial charge < -0.3 is 11.5 Å². The van der Waals surface area contributed by atoms with Gasteiger partial charge >= 0.3 is 0 Å². The van der Waals surface area contributed by atoms with Gasteiger partial charge in [0.2, 0.25) is 0 Å². The minimum atomic E-state index is 0.629. The Balaban J connectivity index is 3.58. The maximum absolute atomic E-state index is 5.56. The molecule has 3 unspecified atom stereocenters. The van der Waals surface area contributed by atoms with Crippen molar-refractivity contribution >= 4 is 0 Å². The summed E-state index contributed by atoms with van der Waals surface area (Å²) in [6.45, 7) is 8.23. The standard InChI is InChI=1S/C9H22N2/c1-7(5-10)4-8(2)9(3)6-11/h7-9H,4-6,10-11H2,1-3H3. The molecule has 3 atom stereocenters. The third-order valence-corrected chi connectivity index (χ3v) is 2.52. The highest BCUT2D eigenvalue weighted by atomic mass is 14.6. The normalized spacial score (nSPS) is 19.4. The Morgan fingerprint density at radius 1 is 0.909 bits per heavy atom. The lowest BCUT2D eigenvalue weighted by Crippen LogP contribution is -2.22. The van der Waals surface area contributed by atoms with E-state index in [1.54, 1.807) is 0 Å². The highest BCUT2D eigenvalue weighted by Crippen LogP contribution is 2.18. The molecular weight excluding hydrogens is 136 g/mol. The van der Waals surface area contributed by atoms with E-state index in [2.05, 4.69) is 20.8 Å². The van der Waals surface area contributed by atoms with Crippen molar-refractivity contribution in [3.63, 3.8) is 0 Å². The van der Waals surface area contributed by atoms with Crippen LogP contribution in [0, 0.1) is 17.8 Å². The molecule has 0 aliphatic carbocycles. The molecule has 0 amide bonds. The summed E-state index contributed by atoms with van der Waals surface area (Å²) in [7, 11) is 0. The molecule has 0 aliphatic heterocycles. The van der Waals surface area contributed by atoms with E-state index in [0.29, 0.717) is 17.8 Å². The summed E-state index contributed by atoms with van der Waals surface area (Å²) in [5.41, 5.74) is 11.1. The van der Waals surface area contributed by atoms with Crippen molar-refractivity contribution < 1.29 is 0 Å². The Bertz CT molecular complexity index is 93.6. The molecule has 0 spiro atoms. The Morgan fingerprint density at radius 2 is 1.45 bits per heavy atom. The van der Waals surface area contributed by atoms with Gasteiger partial charge in [-0.05, 0) is 37.3 Å². The molecule has 0 heterocycles. The maximum atomic E-state index is 5.56. The predicted molar refractivity (Wildman–Crippen MR) is 50.2 cm³/mol. The van der Waals surface area contributed by atoms with E-state index in [0.717, 1.165) is 13.1 Å². The van der Waals surface area contributed by atoms with Crippen LogP contribution in [-0.4, -0.2) is 13.1 Å². The Morgan fingerprint density at radius 3 is 1.82 bits per heavy atom. The van der Waals surface area contributed by atoms with Crippen molar-refractivity contribution in [3.05, 3.63) is 0 Å². The number of hydrogen-bond donors (Lipinski definition) is 2. The Labute approximate surface area is 70.3 Å². The molecule has 0 aromatic carbocycles. The summed E-state index contributed by atoms with van der Waals surface area (Å²) in [6.07, 6.45) is 1.20. The zero-order valence-corrected chi connectivity index (χ0v) is 8.01. The van der Waals surface area contributed by atoms with Crippen LogP contribution in [0.15, 0.2) is 0 Å². The molecule has 0 aromatic rings. The van der Waals surface area contributed by atoms with Crippen molar-refractivity contribution in [3.8, 4) is 0 Å². The summed E-state index contributed by atoms with van der Waals surface area (Å²) >= 11 is 0. The first-order valence-electron chi connectivity index (χ1n) is 4.51. The van der Waals surface area contributed by atoms with Crippen LogP contribution in [0.1, 0.15) is 27.2 Å². The van der Waals surface area contributed by atoms with E-state index in [9.17, 15) is 0 Å². The fraction of sp³-hybridized carbons (Fsp3) is 1.00. The maximum Gasteiger partial charge on any atom is -0.00490 e. The fourth-order valence-corrected chi connectivity index (χ4v) is 1.20. The van der Waals surface area contributed by atoms with E-state index >= 15 is 0 Å². The van der Waals surface area contributed by atoms with Crippen molar-refractivity contribution in [1.82, 2.24) is 0 Å². The van der Waals surface area contributed by atoms with E-state index < -0.39 is 0 Å². The highest BCUT2D eigenvalue weighted by molar-refractivity contribution is 4.66. The van der Waals surface area contributed by atoms with Gasteiger partial charge in [0.25, 0.3) is 0 Å². The lowest BCUT2D eigenvalue weighted by molar-refractivity contribution is 0.322. The molecule has 0 aromatic heterocycles. The van der Waals surface area contributed by atoms with Crippen molar-refractivity contribution in [1.29, 1.82) is 0 Å². The quantitative estimate of drug-likeness (QED) is 0.631. The van der Waals surface area contributed by atoms with Crippen molar-refractivity contribution in [2.75, 3.05) is 13.1 Å². The van der Waals surface area contributed by atoms with Gasteiger partial charge in [-0.2, -0.15) is 0 Å². The summed E-state index contributed by atoms with van der Waals surface area (Å²) in [5.74, 6) is 1.97. The largest absolute Gasteiger partial charge is 0.330 e. The third-order valence-electron chi connectivity index (χ3n) is 2.52. The van der Waals surface area contributed by atoms with E-state index in [-0.39, 0.29) is 0 Å². The van der Waals surface area contributed by atoms with Gasteiger partial charge in [0.15, 0.2) is 0 Å². The van der Waals surface area contributed by atoms with Gasteiger partial charge in [-0.15, -0.1) is 0 Å². The zero-order chi connectivity index (χ0) is 8.85. The molecule has 0 bridgehead atoms. The molecule has 0 aliphatic rings. The Kier molecular flexibility index (Phi) is 5.51. The molecular formula is C9H22N2. The van der Waals surface area contributed by atoms with Gasteiger partial charge in [0.1, 0.15) is 0 Å². The molecule has 0 fully saturated rings. The second kappa shape index (κ2) is 5.56. The van der Waals surface area contributed by atoms with Crippen LogP contribution >= 0.6 is 0 Å². The van der Waals surface area contributed by atoms with Crippen LogP contribution in [0.25, 0.3) is 0 Å². The average Bonchev–Trinajstić information content (AvgIpc) is 2.02. The van der Waals surface area contributed by atoms with Gasteiger partial charge in [0, 0.05) is 0 Å². The molecule has 4 N–H and O–H groups in total. The van der Waals surface area contributed by atoms with E-state index in [1.807, 2.05) is 0 Å². The van der Waals surface area contributed by atoms with E-state index in [4.69, 9.17) is 11.5 Å². The predicted octanol–water partition coefficient (Wildman–Crippen LogP) is 1.20. The molecule has 68 valence electrons. The number of nitrogens with two attached hydrogens (primary N) is 2. The third kappa shape index (κ3) is 4.38. The van der Waals surface area contributed by atoms with Gasteiger partial charge in [-0.3, -0.25) is 0 Å². The molecule has 2 heteroatoms. The van der Waals surface area contributed by atoms with Crippen LogP contribution in [0.5, 0.6) is 0 Å².